The van der Waals surface area contributed by atoms with E-state index >= 15 is 0 Å². The second-order valence-electron chi connectivity index (χ2n) is 6.15. The fourth-order valence-electron chi connectivity index (χ4n) is 3.28. The maximum absolute atomic E-state index is 12.9. The van der Waals surface area contributed by atoms with Crippen molar-refractivity contribution in [2.45, 2.75) is 0 Å². The molecule has 0 atom stereocenters. The lowest BCUT2D eigenvalue weighted by Crippen LogP contribution is -2.48. The third kappa shape index (κ3) is 3.20. The van der Waals surface area contributed by atoms with Crippen LogP contribution in [-0.2, 0) is 0 Å². The van der Waals surface area contributed by atoms with E-state index in [4.69, 9.17) is 23.2 Å². The Balaban J connectivity index is 1.50. The number of hydrogen-bond acceptors (Lipinski definition) is 2. The van der Waals surface area contributed by atoms with Crippen LogP contribution in [-0.4, -0.2) is 42.0 Å². The molecule has 0 bridgehead atoms. The second kappa shape index (κ2) is 6.62. The van der Waals surface area contributed by atoms with Gasteiger partial charge >= 0.3 is 0 Å². The van der Waals surface area contributed by atoms with Gasteiger partial charge in [0.25, 0.3) is 5.91 Å². The molecule has 4 nitrogen and oxygen atoms in total. The average molecular weight is 374 g/mol. The number of aromatic nitrogens is 1. The van der Waals surface area contributed by atoms with Crippen molar-refractivity contribution in [1.29, 1.82) is 0 Å². The summed E-state index contributed by atoms with van der Waals surface area (Å²) in [6, 6.07) is 13.4. The number of carbonyl (C=O) groups is 1. The van der Waals surface area contributed by atoms with E-state index in [1.807, 2.05) is 47.4 Å². The van der Waals surface area contributed by atoms with Gasteiger partial charge in [0, 0.05) is 59.0 Å². The monoisotopic (exact) mass is 373 g/mol. The van der Waals surface area contributed by atoms with E-state index in [2.05, 4.69) is 9.88 Å². The minimum Gasteiger partial charge on any atom is -0.368 e. The standard InChI is InChI=1S/C19H17Cl2N3O/c20-13-2-1-3-15(10-13)23-6-8-24(9-7-23)19(25)17-12-22-18-5-4-14(21)11-16(17)18/h1-5,10-12,22H,6-9H2. The molecule has 0 aliphatic carbocycles. The van der Waals surface area contributed by atoms with Crippen molar-refractivity contribution in [2.75, 3.05) is 31.1 Å². The lowest BCUT2D eigenvalue weighted by molar-refractivity contribution is 0.0749. The van der Waals surface area contributed by atoms with Gasteiger partial charge in [-0.05, 0) is 36.4 Å². The Morgan fingerprint density at radius 1 is 0.960 bits per heavy atom. The number of fused-ring (bicyclic) bond motifs is 1. The van der Waals surface area contributed by atoms with Crippen LogP contribution in [0.2, 0.25) is 10.0 Å². The van der Waals surface area contributed by atoms with Crippen LogP contribution in [0.3, 0.4) is 0 Å². The Morgan fingerprint density at radius 2 is 1.72 bits per heavy atom. The first kappa shape index (κ1) is 16.3. The molecule has 1 fully saturated rings. The number of amides is 1. The van der Waals surface area contributed by atoms with Gasteiger partial charge in [-0.3, -0.25) is 4.79 Å². The molecule has 4 rings (SSSR count). The highest BCUT2D eigenvalue weighted by atomic mass is 35.5. The maximum atomic E-state index is 12.9. The number of piperazine rings is 1. The Morgan fingerprint density at radius 3 is 2.48 bits per heavy atom. The van der Waals surface area contributed by atoms with E-state index in [1.165, 1.54) is 0 Å². The Labute approximate surface area is 155 Å². The summed E-state index contributed by atoms with van der Waals surface area (Å²) in [6.07, 6.45) is 1.77. The van der Waals surface area contributed by atoms with E-state index in [0.29, 0.717) is 23.7 Å². The molecule has 3 aromatic rings. The molecule has 2 heterocycles. The number of hydrogen-bond donors (Lipinski definition) is 1. The quantitative estimate of drug-likeness (QED) is 0.721. The number of carbonyl (C=O) groups excluding carboxylic acids is 1. The number of nitrogens with one attached hydrogen (secondary N) is 1. The van der Waals surface area contributed by atoms with Crippen molar-refractivity contribution in [3.05, 3.63) is 64.3 Å². The van der Waals surface area contributed by atoms with Gasteiger partial charge in [-0.25, -0.2) is 0 Å². The zero-order chi connectivity index (χ0) is 17.4. The number of H-pyrrole nitrogens is 1. The summed E-state index contributed by atoms with van der Waals surface area (Å²) in [5.41, 5.74) is 2.69. The molecule has 0 spiro atoms. The normalized spacial score (nSPS) is 15.0. The summed E-state index contributed by atoms with van der Waals surface area (Å²) in [5.74, 6) is 0.0410. The van der Waals surface area contributed by atoms with Gasteiger partial charge in [-0.15, -0.1) is 0 Å². The van der Waals surface area contributed by atoms with Gasteiger partial charge in [-0.1, -0.05) is 29.3 Å². The van der Waals surface area contributed by atoms with Crippen molar-refractivity contribution in [3.8, 4) is 0 Å². The molecule has 0 saturated carbocycles. The van der Waals surface area contributed by atoms with E-state index in [-0.39, 0.29) is 5.91 Å². The Bertz CT molecular complexity index is 929. The number of aromatic amines is 1. The molecule has 0 radical (unpaired) electrons. The van der Waals surface area contributed by atoms with Gasteiger partial charge in [0.1, 0.15) is 0 Å². The van der Waals surface area contributed by atoms with E-state index in [9.17, 15) is 4.79 Å². The van der Waals surface area contributed by atoms with Crippen LogP contribution in [0.15, 0.2) is 48.7 Å². The molecule has 6 heteroatoms. The van der Waals surface area contributed by atoms with Crippen LogP contribution >= 0.6 is 23.2 Å². The molecule has 1 N–H and O–H groups in total. The molecular weight excluding hydrogens is 357 g/mol. The maximum Gasteiger partial charge on any atom is 0.256 e. The van der Waals surface area contributed by atoms with Crippen LogP contribution in [0.25, 0.3) is 10.9 Å². The Hall–Kier alpha value is -2.17. The summed E-state index contributed by atoms with van der Waals surface area (Å²) in [4.78, 5) is 20.2. The van der Waals surface area contributed by atoms with E-state index in [0.717, 1.165) is 34.7 Å². The second-order valence-corrected chi connectivity index (χ2v) is 7.02. The molecule has 2 aromatic carbocycles. The van der Waals surface area contributed by atoms with Gasteiger partial charge in [0.05, 0.1) is 5.56 Å². The smallest absolute Gasteiger partial charge is 0.256 e. The Kier molecular flexibility index (Phi) is 4.32. The number of nitrogens with zero attached hydrogens (tertiary/aromatic N) is 2. The third-order valence-electron chi connectivity index (χ3n) is 4.61. The van der Waals surface area contributed by atoms with Crippen molar-refractivity contribution in [1.82, 2.24) is 9.88 Å². The van der Waals surface area contributed by atoms with Crippen LogP contribution in [0, 0.1) is 0 Å². The zero-order valence-corrected chi connectivity index (χ0v) is 15.0. The minimum atomic E-state index is 0.0410. The molecule has 1 aromatic heterocycles. The zero-order valence-electron chi connectivity index (χ0n) is 13.5. The molecule has 25 heavy (non-hydrogen) atoms. The summed E-state index contributed by atoms with van der Waals surface area (Å²) in [5, 5.41) is 2.23. The first-order chi connectivity index (χ1) is 12.1. The van der Waals surface area contributed by atoms with Crippen LogP contribution in [0.5, 0.6) is 0 Å². The summed E-state index contributed by atoms with van der Waals surface area (Å²) < 4.78 is 0. The van der Waals surface area contributed by atoms with Crippen molar-refractivity contribution >= 4 is 45.7 Å². The predicted molar refractivity (Wildman–Crippen MR) is 103 cm³/mol. The lowest BCUT2D eigenvalue weighted by Gasteiger charge is -2.36. The lowest BCUT2D eigenvalue weighted by atomic mass is 10.1. The predicted octanol–water partition coefficient (Wildman–Crippen LogP) is 4.44. The molecule has 0 unspecified atom stereocenters. The van der Waals surface area contributed by atoms with Crippen LogP contribution < -0.4 is 4.90 Å². The fraction of sp³-hybridized carbons (Fsp3) is 0.211. The van der Waals surface area contributed by atoms with Crippen molar-refractivity contribution in [2.24, 2.45) is 0 Å². The van der Waals surface area contributed by atoms with Crippen molar-refractivity contribution < 1.29 is 4.79 Å². The summed E-state index contributed by atoms with van der Waals surface area (Å²) >= 11 is 12.2. The highest BCUT2D eigenvalue weighted by molar-refractivity contribution is 6.31. The average Bonchev–Trinajstić information content (AvgIpc) is 3.04. The minimum absolute atomic E-state index is 0.0410. The summed E-state index contributed by atoms with van der Waals surface area (Å²) in [6.45, 7) is 2.93. The summed E-state index contributed by atoms with van der Waals surface area (Å²) in [7, 11) is 0. The van der Waals surface area contributed by atoms with E-state index in [1.54, 1.807) is 6.20 Å². The topological polar surface area (TPSA) is 39.3 Å². The molecule has 1 aliphatic rings. The third-order valence-corrected chi connectivity index (χ3v) is 5.08. The van der Waals surface area contributed by atoms with Gasteiger partial charge < -0.3 is 14.8 Å². The molecular formula is C19H17Cl2N3O. The molecule has 128 valence electrons. The number of halogens is 2. The largest absolute Gasteiger partial charge is 0.368 e. The first-order valence-electron chi connectivity index (χ1n) is 8.18. The highest BCUT2D eigenvalue weighted by Gasteiger charge is 2.24. The number of benzene rings is 2. The van der Waals surface area contributed by atoms with Gasteiger partial charge in [0.15, 0.2) is 0 Å². The highest BCUT2D eigenvalue weighted by Crippen LogP contribution is 2.25. The van der Waals surface area contributed by atoms with Crippen LogP contribution in [0.4, 0.5) is 5.69 Å². The fourth-order valence-corrected chi connectivity index (χ4v) is 3.64. The van der Waals surface area contributed by atoms with Crippen LogP contribution in [0.1, 0.15) is 10.4 Å². The molecule has 1 aliphatic heterocycles. The molecule has 1 amide bonds. The SMILES string of the molecule is O=C(c1c[nH]c2ccc(Cl)cc12)N1CCN(c2cccc(Cl)c2)CC1. The van der Waals surface area contributed by atoms with E-state index < -0.39 is 0 Å². The number of rotatable bonds is 2. The first-order valence-corrected chi connectivity index (χ1v) is 8.94. The van der Waals surface area contributed by atoms with Crippen molar-refractivity contribution in [3.63, 3.8) is 0 Å². The van der Waals surface area contributed by atoms with Gasteiger partial charge in [-0.2, -0.15) is 0 Å². The number of anilines is 1. The molecule has 1 saturated heterocycles. The van der Waals surface area contributed by atoms with Gasteiger partial charge in [0.2, 0.25) is 0 Å².